The molecule has 1 N–H and O–H groups in total. The largest absolute Gasteiger partial charge is 0.371 e. The van der Waals surface area contributed by atoms with Crippen LogP contribution in [-0.4, -0.2) is 31.4 Å². The first kappa shape index (κ1) is 15.6. The Morgan fingerprint density at radius 3 is 2.65 bits per heavy atom. The predicted molar refractivity (Wildman–Crippen MR) is 81.8 cm³/mol. The van der Waals surface area contributed by atoms with Crippen LogP contribution < -0.4 is 10.2 Å². The Bertz CT molecular complexity index is 407. The average molecular weight is 300 g/mol. The molecule has 0 atom stereocenters. The number of para-hydroxylation sites is 1. The predicted octanol–water partition coefficient (Wildman–Crippen LogP) is 3.97. The number of hydrogen-bond donors (Lipinski definition) is 1. The van der Waals surface area contributed by atoms with E-state index in [9.17, 15) is 8.78 Å². The summed E-state index contributed by atoms with van der Waals surface area (Å²) in [7, 11) is 0. The lowest BCUT2D eigenvalue weighted by Gasteiger charge is -2.35. The number of rotatable bonds is 6. The van der Waals surface area contributed by atoms with Crippen molar-refractivity contribution >= 4 is 17.4 Å². The molecule has 0 bridgehead atoms. The fraction of sp³-hybridized carbons (Fsp3) is 0.600. The highest BCUT2D eigenvalue weighted by molar-refractivity contribution is 7.99. The van der Waals surface area contributed by atoms with Crippen molar-refractivity contribution in [3.8, 4) is 0 Å². The Morgan fingerprint density at radius 2 is 2.00 bits per heavy atom. The second-order valence-electron chi connectivity index (χ2n) is 5.06. The molecule has 0 aromatic heterocycles. The third kappa shape index (κ3) is 4.35. The summed E-state index contributed by atoms with van der Waals surface area (Å²) in [6.07, 6.45) is 3.30. The minimum atomic E-state index is -2.36. The van der Waals surface area contributed by atoms with Crippen LogP contribution in [0, 0.1) is 0 Å². The fourth-order valence-corrected chi connectivity index (χ4v) is 3.25. The van der Waals surface area contributed by atoms with E-state index in [1.54, 1.807) is 6.07 Å². The summed E-state index contributed by atoms with van der Waals surface area (Å²) >= 11 is 0.643. The van der Waals surface area contributed by atoms with E-state index in [0.29, 0.717) is 22.7 Å². The van der Waals surface area contributed by atoms with Crippen molar-refractivity contribution < 1.29 is 8.78 Å². The van der Waals surface area contributed by atoms with Gasteiger partial charge >= 0.3 is 0 Å². The maximum Gasteiger partial charge on any atom is 0.288 e. The molecule has 0 radical (unpaired) electrons. The Morgan fingerprint density at radius 1 is 1.30 bits per heavy atom. The Labute approximate surface area is 123 Å². The van der Waals surface area contributed by atoms with Crippen LogP contribution >= 0.6 is 11.8 Å². The molecule has 0 aliphatic carbocycles. The van der Waals surface area contributed by atoms with Crippen molar-refractivity contribution in [3.63, 3.8) is 0 Å². The molecule has 1 aliphatic heterocycles. The van der Waals surface area contributed by atoms with E-state index in [-0.39, 0.29) is 0 Å². The third-order valence-electron chi connectivity index (χ3n) is 3.60. The van der Waals surface area contributed by atoms with Gasteiger partial charge in [0.15, 0.2) is 0 Å². The number of piperidine rings is 1. The average Bonchev–Trinajstić information content (AvgIpc) is 2.46. The van der Waals surface area contributed by atoms with Gasteiger partial charge in [-0.3, -0.25) is 0 Å². The second kappa shape index (κ2) is 7.84. The number of nitrogens with zero attached hydrogens (tertiary/aromatic N) is 1. The van der Waals surface area contributed by atoms with Gasteiger partial charge in [-0.05, 0) is 37.9 Å². The van der Waals surface area contributed by atoms with Crippen molar-refractivity contribution in [2.45, 2.75) is 42.9 Å². The molecule has 112 valence electrons. The van der Waals surface area contributed by atoms with Gasteiger partial charge in [-0.1, -0.05) is 30.8 Å². The molecular weight excluding hydrogens is 278 g/mol. The van der Waals surface area contributed by atoms with E-state index in [0.717, 1.165) is 44.6 Å². The van der Waals surface area contributed by atoms with E-state index in [4.69, 9.17) is 0 Å². The quantitative estimate of drug-likeness (QED) is 0.800. The zero-order valence-corrected chi connectivity index (χ0v) is 12.6. The summed E-state index contributed by atoms with van der Waals surface area (Å²) in [6.45, 7) is 5.09. The van der Waals surface area contributed by atoms with Gasteiger partial charge in [-0.2, -0.15) is 8.78 Å². The molecule has 1 fully saturated rings. The van der Waals surface area contributed by atoms with Crippen molar-refractivity contribution in [1.29, 1.82) is 0 Å². The summed E-state index contributed by atoms with van der Waals surface area (Å²) in [6, 6.07) is 8.05. The van der Waals surface area contributed by atoms with Gasteiger partial charge in [0.2, 0.25) is 0 Å². The number of alkyl halides is 2. The van der Waals surface area contributed by atoms with Crippen LogP contribution in [0.25, 0.3) is 0 Å². The van der Waals surface area contributed by atoms with Crippen molar-refractivity contribution in [1.82, 2.24) is 5.32 Å². The van der Waals surface area contributed by atoms with Crippen LogP contribution in [0.3, 0.4) is 0 Å². The minimum Gasteiger partial charge on any atom is -0.371 e. The first-order valence-corrected chi connectivity index (χ1v) is 8.11. The van der Waals surface area contributed by atoms with Crippen molar-refractivity contribution in [2.24, 2.45) is 0 Å². The molecule has 0 saturated carbocycles. The molecule has 0 spiro atoms. The smallest absolute Gasteiger partial charge is 0.288 e. The standard InChI is InChI=1S/C15H22F2N2S/c1-2-9-18-12-7-10-19(11-8-12)13-5-3-4-6-14(13)20-15(16)17/h3-6,12,15,18H,2,7-11H2,1H3. The van der Waals surface area contributed by atoms with E-state index in [1.165, 1.54) is 0 Å². The molecule has 1 aliphatic rings. The second-order valence-corrected chi connectivity index (χ2v) is 6.09. The maximum atomic E-state index is 12.6. The van der Waals surface area contributed by atoms with E-state index in [2.05, 4.69) is 17.1 Å². The Balaban J connectivity index is 1.96. The van der Waals surface area contributed by atoms with Crippen LogP contribution in [0.15, 0.2) is 29.2 Å². The highest BCUT2D eigenvalue weighted by Crippen LogP contribution is 2.35. The normalized spacial score (nSPS) is 16.9. The van der Waals surface area contributed by atoms with Gasteiger partial charge in [-0.25, -0.2) is 0 Å². The number of benzene rings is 1. The van der Waals surface area contributed by atoms with Gasteiger partial charge in [-0.15, -0.1) is 0 Å². The molecule has 1 aromatic carbocycles. The minimum absolute atomic E-state index is 0.570. The van der Waals surface area contributed by atoms with Crippen LogP contribution in [-0.2, 0) is 0 Å². The molecule has 0 amide bonds. The number of anilines is 1. The zero-order chi connectivity index (χ0) is 14.4. The van der Waals surface area contributed by atoms with E-state index >= 15 is 0 Å². The Kier molecular flexibility index (Phi) is 6.10. The number of nitrogens with one attached hydrogen (secondary N) is 1. The lowest BCUT2D eigenvalue weighted by Crippen LogP contribution is -2.42. The van der Waals surface area contributed by atoms with Gasteiger partial charge in [0.1, 0.15) is 0 Å². The van der Waals surface area contributed by atoms with Gasteiger partial charge in [0.25, 0.3) is 5.76 Å². The van der Waals surface area contributed by atoms with Crippen LogP contribution in [0.2, 0.25) is 0 Å². The molecule has 20 heavy (non-hydrogen) atoms. The summed E-state index contributed by atoms with van der Waals surface area (Å²) in [5, 5.41) is 3.54. The molecular formula is C15H22F2N2S. The van der Waals surface area contributed by atoms with Gasteiger partial charge < -0.3 is 10.2 Å². The maximum absolute atomic E-state index is 12.6. The lowest BCUT2D eigenvalue weighted by atomic mass is 10.0. The lowest BCUT2D eigenvalue weighted by molar-refractivity contribution is 0.252. The first-order valence-electron chi connectivity index (χ1n) is 7.23. The first-order chi connectivity index (χ1) is 9.70. The molecule has 1 saturated heterocycles. The molecule has 1 aromatic rings. The summed E-state index contributed by atoms with van der Waals surface area (Å²) < 4.78 is 25.2. The number of thioether (sulfide) groups is 1. The molecule has 0 unspecified atom stereocenters. The molecule has 2 nitrogen and oxygen atoms in total. The molecule has 2 rings (SSSR count). The monoisotopic (exact) mass is 300 g/mol. The molecule has 5 heteroatoms. The topological polar surface area (TPSA) is 15.3 Å². The number of halogens is 2. The highest BCUT2D eigenvalue weighted by Gasteiger charge is 2.21. The highest BCUT2D eigenvalue weighted by atomic mass is 32.2. The SMILES string of the molecule is CCCNC1CCN(c2ccccc2SC(F)F)CC1. The van der Waals surface area contributed by atoms with Crippen LogP contribution in [0.5, 0.6) is 0 Å². The van der Waals surface area contributed by atoms with Gasteiger partial charge in [0, 0.05) is 24.0 Å². The van der Waals surface area contributed by atoms with Gasteiger partial charge in [0.05, 0.1) is 5.69 Å². The van der Waals surface area contributed by atoms with Crippen LogP contribution in [0.4, 0.5) is 14.5 Å². The fourth-order valence-electron chi connectivity index (χ4n) is 2.59. The van der Waals surface area contributed by atoms with E-state index in [1.807, 2.05) is 18.2 Å². The van der Waals surface area contributed by atoms with E-state index < -0.39 is 5.76 Å². The summed E-state index contributed by atoms with van der Waals surface area (Å²) in [5.74, 6) is -2.36. The summed E-state index contributed by atoms with van der Waals surface area (Å²) in [4.78, 5) is 2.91. The summed E-state index contributed by atoms with van der Waals surface area (Å²) in [5.41, 5.74) is 0.951. The van der Waals surface area contributed by atoms with Crippen LogP contribution in [0.1, 0.15) is 26.2 Å². The zero-order valence-electron chi connectivity index (χ0n) is 11.8. The molecule has 1 heterocycles. The number of hydrogen-bond acceptors (Lipinski definition) is 3. The Hall–Kier alpha value is -0.810. The third-order valence-corrected chi connectivity index (χ3v) is 4.38. The van der Waals surface area contributed by atoms with Crippen molar-refractivity contribution in [2.75, 3.05) is 24.5 Å². The van der Waals surface area contributed by atoms with Crippen molar-refractivity contribution in [3.05, 3.63) is 24.3 Å².